The summed E-state index contributed by atoms with van der Waals surface area (Å²) in [6.45, 7) is 4.58. The van der Waals surface area contributed by atoms with E-state index in [0.29, 0.717) is 19.4 Å². The fourth-order valence-electron chi connectivity index (χ4n) is 3.13. The van der Waals surface area contributed by atoms with E-state index in [-0.39, 0.29) is 12.3 Å². The third kappa shape index (κ3) is 6.94. The van der Waals surface area contributed by atoms with Gasteiger partial charge in [-0.2, -0.15) is 0 Å². The van der Waals surface area contributed by atoms with Crippen molar-refractivity contribution in [2.45, 2.75) is 70.3 Å². The Hall–Kier alpha value is -2.24. The number of nitrogens with two attached hydrogens (primary N) is 1. The molecule has 0 aromatic heterocycles. The number of carbonyl (C=O) groups excluding carboxylic acids is 3. The van der Waals surface area contributed by atoms with Crippen LogP contribution in [0.5, 0.6) is 0 Å². The van der Waals surface area contributed by atoms with Gasteiger partial charge in [-0.3, -0.25) is 14.4 Å². The summed E-state index contributed by atoms with van der Waals surface area (Å²) in [4.78, 5) is 50.0. The van der Waals surface area contributed by atoms with Crippen molar-refractivity contribution in [3.05, 3.63) is 0 Å². The van der Waals surface area contributed by atoms with Crippen LogP contribution >= 0.6 is 0 Å². The molecule has 1 aliphatic heterocycles. The third-order valence-corrected chi connectivity index (χ3v) is 4.78. The van der Waals surface area contributed by atoms with Crippen LogP contribution in [0, 0.1) is 5.92 Å². The number of rotatable bonds is 10. The average Bonchev–Trinajstić information content (AvgIpc) is 3.13. The molecule has 7 N–H and O–H groups in total. The summed E-state index contributed by atoms with van der Waals surface area (Å²) in [5, 5.41) is 32.4. The van der Waals surface area contributed by atoms with Crippen molar-refractivity contribution >= 4 is 23.7 Å². The van der Waals surface area contributed by atoms with Gasteiger partial charge >= 0.3 is 5.97 Å². The Kier molecular flexibility index (Phi) is 9.47. The van der Waals surface area contributed by atoms with Crippen molar-refractivity contribution in [1.82, 2.24) is 15.5 Å². The molecule has 5 unspecified atom stereocenters. The second-order valence-corrected chi connectivity index (χ2v) is 7.73. The SMILES string of the molecule is CC(C)CC(NC(=O)C1CCCN1C(=O)C(N)C(C)O)C(=O)NC(CO)C(=O)O. The number of amides is 3. The molecule has 3 amide bonds. The molecule has 1 aliphatic rings. The highest BCUT2D eigenvalue weighted by Gasteiger charge is 2.38. The number of nitrogens with zero attached hydrogens (tertiary/aromatic N) is 1. The highest BCUT2D eigenvalue weighted by atomic mass is 16.4. The largest absolute Gasteiger partial charge is 0.480 e. The molecule has 29 heavy (non-hydrogen) atoms. The minimum atomic E-state index is -1.48. The summed E-state index contributed by atoms with van der Waals surface area (Å²) in [5.41, 5.74) is 5.70. The predicted octanol–water partition coefficient (Wildman–Crippen LogP) is -2.22. The Morgan fingerprint density at radius 2 is 1.76 bits per heavy atom. The monoisotopic (exact) mass is 416 g/mol. The smallest absolute Gasteiger partial charge is 0.328 e. The first kappa shape index (κ1) is 24.8. The fraction of sp³-hybridized carbons (Fsp3) is 0.778. The van der Waals surface area contributed by atoms with Crippen LogP contribution in [0.25, 0.3) is 0 Å². The molecule has 11 nitrogen and oxygen atoms in total. The van der Waals surface area contributed by atoms with Gasteiger partial charge in [0.15, 0.2) is 0 Å². The summed E-state index contributed by atoms with van der Waals surface area (Å²) in [7, 11) is 0. The Morgan fingerprint density at radius 1 is 1.14 bits per heavy atom. The summed E-state index contributed by atoms with van der Waals surface area (Å²) in [5.74, 6) is -3.22. The second-order valence-electron chi connectivity index (χ2n) is 7.73. The molecule has 0 bridgehead atoms. The zero-order valence-electron chi connectivity index (χ0n) is 17.0. The van der Waals surface area contributed by atoms with Crippen LogP contribution in [0.1, 0.15) is 40.0 Å². The van der Waals surface area contributed by atoms with E-state index < -0.39 is 60.6 Å². The molecule has 11 heteroatoms. The average molecular weight is 416 g/mol. The molecular formula is C18H32N4O7. The van der Waals surface area contributed by atoms with Gasteiger partial charge in [-0.05, 0) is 32.1 Å². The number of nitrogens with one attached hydrogen (secondary N) is 2. The fourth-order valence-corrected chi connectivity index (χ4v) is 3.13. The Morgan fingerprint density at radius 3 is 2.24 bits per heavy atom. The Balaban J connectivity index is 2.89. The summed E-state index contributed by atoms with van der Waals surface area (Å²) in [6, 6.07) is -4.50. The van der Waals surface area contributed by atoms with E-state index in [1.165, 1.54) is 11.8 Å². The number of carbonyl (C=O) groups is 4. The van der Waals surface area contributed by atoms with Gasteiger partial charge in [-0.25, -0.2) is 4.79 Å². The number of hydrogen-bond acceptors (Lipinski definition) is 7. The van der Waals surface area contributed by atoms with E-state index in [1.807, 2.05) is 13.8 Å². The maximum absolute atomic E-state index is 12.8. The van der Waals surface area contributed by atoms with E-state index in [1.54, 1.807) is 0 Å². The molecule has 0 aromatic carbocycles. The number of hydrogen-bond donors (Lipinski definition) is 6. The van der Waals surface area contributed by atoms with Gasteiger partial charge in [0.05, 0.1) is 12.7 Å². The van der Waals surface area contributed by atoms with Gasteiger partial charge in [-0.15, -0.1) is 0 Å². The summed E-state index contributed by atoms with van der Waals surface area (Å²) < 4.78 is 0. The number of carboxylic acid groups (broad SMARTS) is 1. The molecular weight excluding hydrogens is 384 g/mol. The zero-order valence-corrected chi connectivity index (χ0v) is 17.0. The first-order valence-corrected chi connectivity index (χ1v) is 9.68. The highest BCUT2D eigenvalue weighted by molar-refractivity contribution is 5.94. The first-order chi connectivity index (χ1) is 13.5. The molecule has 0 radical (unpaired) electrons. The van der Waals surface area contributed by atoms with Crippen molar-refractivity contribution in [1.29, 1.82) is 0 Å². The molecule has 166 valence electrons. The minimum Gasteiger partial charge on any atom is -0.480 e. The van der Waals surface area contributed by atoms with Gasteiger partial charge in [0.1, 0.15) is 24.2 Å². The Labute approximate surface area is 169 Å². The van der Waals surface area contributed by atoms with Crippen molar-refractivity contribution in [3.63, 3.8) is 0 Å². The van der Waals surface area contributed by atoms with Crippen molar-refractivity contribution in [2.24, 2.45) is 11.7 Å². The number of aliphatic carboxylic acids is 1. The lowest BCUT2D eigenvalue weighted by Gasteiger charge is -2.29. The zero-order chi connectivity index (χ0) is 22.3. The normalized spacial score (nSPS) is 20.7. The van der Waals surface area contributed by atoms with Gasteiger partial charge in [0.2, 0.25) is 17.7 Å². The molecule has 0 aromatic rings. The number of aliphatic hydroxyl groups excluding tert-OH is 2. The molecule has 1 heterocycles. The lowest BCUT2D eigenvalue weighted by molar-refractivity contribution is -0.144. The summed E-state index contributed by atoms with van der Waals surface area (Å²) >= 11 is 0. The molecule has 0 saturated carbocycles. The second kappa shape index (κ2) is 11.1. The van der Waals surface area contributed by atoms with Crippen LogP contribution in [0.2, 0.25) is 0 Å². The van der Waals surface area contributed by atoms with E-state index in [4.69, 9.17) is 15.9 Å². The third-order valence-electron chi connectivity index (χ3n) is 4.78. The van der Waals surface area contributed by atoms with Crippen LogP contribution in [-0.4, -0.2) is 87.3 Å². The van der Waals surface area contributed by atoms with E-state index in [9.17, 15) is 24.3 Å². The lowest BCUT2D eigenvalue weighted by atomic mass is 10.0. The number of aliphatic hydroxyl groups is 2. The molecule has 1 fully saturated rings. The van der Waals surface area contributed by atoms with Gasteiger partial charge in [0, 0.05) is 6.54 Å². The van der Waals surface area contributed by atoms with Crippen molar-refractivity contribution < 1.29 is 34.5 Å². The number of likely N-dealkylation sites (tertiary alicyclic amines) is 1. The quantitative estimate of drug-likeness (QED) is 0.231. The molecule has 0 spiro atoms. The first-order valence-electron chi connectivity index (χ1n) is 9.68. The minimum absolute atomic E-state index is 0.00780. The van der Waals surface area contributed by atoms with Crippen LogP contribution in [0.3, 0.4) is 0 Å². The summed E-state index contributed by atoms with van der Waals surface area (Å²) in [6.07, 6.45) is 0.124. The van der Waals surface area contributed by atoms with Gasteiger partial charge in [-0.1, -0.05) is 13.8 Å². The van der Waals surface area contributed by atoms with Crippen LogP contribution in [0.15, 0.2) is 0 Å². The van der Waals surface area contributed by atoms with Crippen LogP contribution < -0.4 is 16.4 Å². The maximum Gasteiger partial charge on any atom is 0.328 e. The molecule has 0 aliphatic carbocycles. The van der Waals surface area contributed by atoms with E-state index in [2.05, 4.69) is 10.6 Å². The van der Waals surface area contributed by atoms with Crippen LogP contribution in [-0.2, 0) is 19.2 Å². The van der Waals surface area contributed by atoms with E-state index >= 15 is 0 Å². The molecule has 1 saturated heterocycles. The lowest BCUT2D eigenvalue weighted by Crippen LogP contribution is -2.58. The highest BCUT2D eigenvalue weighted by Crippen LogP contribution is 2.19. The van der Waals surface area contributed by atoms with Gasteiger partial charge < -0.3 is 36.6 Å². The van der Waals surface area contributed by atoms with E-state index in [0.717, 1.165) is 0 Å². The standard InChI is InChI=1S/C18H32N4O7/c1-9(2)7-11(15(25)21-12(8-23)18(28)29)20-16(26)13-5-4-6-22(13)17(27)14(19)10(3)24/h9-14,23-24H,4-8,19H2,1-3H3,(H,20,26)(H,21,25)(H,28,29). The predicted molar refractivity (Wildman–Crippen MR) is 102 cm³/mol. The Bertz CT molecular complexity index is 611. The van der Waals surface area contributed by atoms with Crippen molar-refractivity contribution in [3.8, 4) is 0 Å². The number of carboxylic acids is 1. The molecule has 5 atom stereocenters. The topological polar surface area (TPSA) is 182 Å². The van der Waals surface area contributed by atoms with Crippen molar-refractivity contribution in [2.75, 3.05) is 13.2 Å². The van der Waals surface area contributed by atoms with Gasteiger partial charge in [0.25, 0.3) is 0 Å². The maximum atomic E-state index is 12.8. The molecule has 1 rings (SSSR count). The van der Waals surface area contributed by atoms with Crippen LogP contribution in [0.4, 0.5) is 0 Å².